The lowest BCUT2D eigenvalue weighted by Gasteiger charge is -2.09. The third-order valence-corrected chi connectivity index (χ3v) is 2.16. The zero-order valence-corrected chi connectivity index (χ0v) is 9.75. The lowest BCUT2D eigenvalue weighted by Crippen LogP contribution is -2.29. The molecule has 0 atom stereocenters. The Hall–Kier alpha value is -1.55. The van der Waals surface area contributed by atoms with Crippen LogP contribution in [0.3, 0.4) is 0 Å². The standard InChI is InChI=1S/C12H18N2O2/c1-3-4-9-16-14-12(15)13-11-8-6-5-7-10(11)2/h5-8H,3-4,9H2,1-2H3,(H2,13,14,15). The van der Waals surface area contributed by atoms with E-state index in [1.165, 1.54) is 0 Å². The maximum Gasteiger partial charge on any atom is 0.343 e. The average molecular weight is 222 g/mol. The van der Waals surface area contributed by atoms with E-state index in [4.69, 9.17) is 4.84 Å². The number of nitrogens with one attached hydrogen (secondary N) is 2. The summed E-state index contributed by atoms with van der Waals surface area (Å²) in [6.45, 7) is 4.54. The Kier molecular flexibility index (Phi) is 5.36. The lowest BCUT2D eigenvalue weighted by molar-refractivity contribution is 0.0640. The second kappa shape index (κ2) is 6.85. The van der Waals surface area contributed by atoms with E-state index in [1.54, 1.807) is 0 Å². The fourth-order valence-corrected chi connectivity index (χ4v) is 1.19. The largest absolute Gasteiger partial charge is 0.343 e. The molecule has 2 N–H and O–H groups in total. The number of hydrogen-bond donors (Lipinski definition) is 2. The molecule has 0 fully saturated rings. The van der Waals surface area contributed by atoms with E-state index in [9.17, 15) is 4.79 Å². The van der Waals surface area contributed by atoms with Gasteiger partial charge in [-0.1, -0.05) is 31.5 Å². The van der Waals surface area contributed by atoms with Crippen LogP contribution in [-0.2, 0) is 4.84 Å². The lowest BCUT2D eigenvalue weighted by atomic mass is 10.2. The molecule has 0 saturated heterocycles. The number of carbonyl (C=O) groups excluding carboxylic acids is 1. The highest BCUT2D eigenvalue weighted by Crippen LogP contribution is 2.12. The Morgan fingerprint density at radius 2 is 2.12 bits per heavy atom. The summed E-state index contributed by atoms with van der Waals surface area (Å²) >= 11 is 0. The van der Waals surface area contributed by atoms with Gasteiger partial charge in [0.25, 0.3) is 0 Å². The van der Waals surface area contributed by atoms with Crippen LogP contribution in [0, 0.1) is 6.92 Å². The predicted molar refractivity (Wildman–Crippen MR) is 64.2 cm³/mol. The van der Waals surface area contributed by atoms with Crippen molar-refractivity contribution in [3.8, 4) is 0 Å². The van der Waals surface area contributed by atoms with E-state index in [0.29, 0.717) is 6.61 Å². The molecule has 0 spiro atoms. The molecule has 4 heteroatoms. The first-order valence-corrected chi connectivity index (χ1v) is 5.48. The molecule has 0 aliphatic heterocycles. The molecular formula is C12H18N2O2. The summed E-state index contributed by atoms with van der Waals surface area (Å²) in [7, 11) is 0. The van der Waals surface area contributed by atoms with E-state index in [-0.39, 0.29) is 6.03 Å². The van der Waals surface area contributed by atoms with Crippen LogP contribution in [0.2, 0.25) is 0 Å². The van der Waals surface area contributed by atoms with Crippen LogP contribution in [0.25, 0.3) is 0 Å². The van der Waals surface area contributed by atoms with Crippen molar-refractivity contribution in [1.29, 1.82) is 0 Å². The monoisotopic (exact) mass is 222 g/mol. The Bertz CT molecular complexity index is 340. The third kappa shape index (κ3) is 4.31. The van der Waals surface area contributed by atoms with E-state index in [0.717, 1.165) is 24.1 Å². The molecular weight excluding hydrogens is 204 g/mol. The minimum Gasteiger partial charge on any atom is -0.306 e. The molecule has 1 rings (SSSR count). The number of urea groups is 1. The van der Waals surface area contributed by atoms with E-state index in [1.807, 2.05) is 31.2 Å². The maximum absolute atomic E-state index is 11.4. The van der Waals surface area contributed by atoms with Crippen LogP contribution >= 0.6 is 0 Å². The Labute approximate surface area is 95.9 Å². The number of hydroxylamine groups is 1. The number of carbonyl (C=O) groups is 1. The van der Waals surface area contributed by atoms with Crippen LogP contribution in [0.5, 0.6) is 0 Å². The first kappa shape index (κ1) is 12.5. The van der Waals surface area contributed by atoms with Crippen LogP contribution in [0.1, 0.15) is 25.3 Å². The number of amides is 2. The van der Waals surface area contributed by atoms with Crippen molar-refractivity contribution < 1.29 is 9.63 Å². The second-order valence-corrected chi connectivity index (χ2v) is 3.57. The van der Waals surface area contributed by atoms with Gasteiger partial charge in [-0.2, -0.15) is 0 Å². The zero-order valence-electron chi connectivity index (χ0n) is 9.75. The Morgan fingerprint density at radius 3 is 2.81 bits per heavy atom. The molecule has 88 valence electrons. The van der Waals surface area contributed by atoms with Crippen molar-refractivity contribution in [2.24, 2.45) is 0 Å². The van der Waals surface area contributed by atoms with E-state index < -0.39 is 0 Å². The van der Waals surface area contributed by atoms with Crippen molar-refractivity contribution in [3.05, 3.63) is 29.8 Å². The predicted octanol–water partition coefficient (Wildman–Crippen LogP) is 2.85. The number of anilines is 1. The summed E-state index contributed by atoms with van der Waals surface area (Å²) in [5.41, 5.74) is 4.15. The number of aryl methyl sites for hydroxylation is 1. The highest BCUT2D eigenvalue weighted by atomic mass is 16.7. The SMILES string of the molecule is CCCCONC(=O)Nc1ccccc1C. The van der Waals surface area contributed by atoms with Gasteiger partial charge in [-0.3, -0.25) is 4.84 Å². The van der Waals surface area contributed by atoms with E-state index in [2.05, 4.69) is 17.7 Å². The summed E-state index contributed by atoms with van der Waals surface area (Å²) in [6.07, 6.45) is 1.98. The fourth-order valence-electron chi connectivity index (χ4n) is 1.19. The van der Waals surface area contributed by atoms with Crippen molar-refractivity contribution in [2.75, 3.05) is 11.9 Å². The van der Waals surface area contributed by atoms with E-state index >= 15 is 0 Å². The molecule has 0 unspecified atom stereocenters. The van der Waals surface area contributed by atoms with Crippen LogP contribution < -0.4 is 10.8 Å². The minimum absolute atomic E-state index is 0.342. The van der Waals surface area contributed by atoms with Crippen LogP contribution in [-0.4, -0.2) is 12.6 Å². The van der Waals surface area contributed by atoms with Gasteiger partial charge in [-0.25, -0.2) is 10.3 Å². The molecule has 0 saturated carbocycles. The second-order valence-electron chi connectivity index (χ2n) is 3.57. The van der Waals surface area contributed by atoms with Gasteiger partial charge >= 0.3 is 6.03 Å². The van der Waals surface area contributed by atoms with Gasteiger partial charge in [0.2, 0.25) is 0 Å². The molecule has 2 amide bonds. The summed E-state index contributed by atoms with van der Waals surface area (Å²) < 4.78 is 0. The number of para-hydroxylation sites is 1. The highest BCUT2D eigenvalue weighted by molar-refractivity contribution is 5.89. The maximum atomic E-state index is 11.4. The topological polar surface area (TPSA) is 50.4 Å². The van der Waals surface area contributed by atoms with Crippen molar-refractivity contribution in [2.45, 2.75) is 26.7 Å². The molecule has 1 aromatic carbocycles. The van der Waals surface area contributed by atoms with Crippen LogP contribution in [0.15, 0.2) is 24.3 Å². The number of hydrogen-bond acceptors (Lipinski definition) is 2. The average Bonchev–Trinajstić information content (AvgIpc) is 2.28. The number of rotatable bonds is 5. The quantitative estimate of drug-likeness (QED) is 0.594. The van der Waals surface area contributed by atoms with Gasteiger partial charge in [0.15, 0.2) is 0 Å². The molecule has 0 aliphatic carbocycles. The van der Waals surface area contributed by atoms with Gasteiger partial charge in [0.05, 0.1) is 6.61 Å². The van der Waals surface area contributed by atoms with Gasteiger partial charge in [0.1, 0.15) is 0 Å². The molecule has 0 aromatic heterocycles. The Balaban J connectivity index is 2.32. The normalized spacial score (nSPS) is 9.88. The first-order chi connectivity index (χ1) is 7.74. The molecule has 1 aromatic rings. The first-order valence-electron chi connectivity index (χ1n) is 5.48. The fraction of sp³-hybridized carbons (Fsp3) is 0.417. The van der Waals surface area contributed by atoms with Crippen molar-refractivity contribution in [3.63, 3.8) is 0 Å². The molecule has 16 heavy (non-hydrogen) atoms. The smallest absolute Gasteiger partial charge is 0.306 e. The Morgan fingerprint density at radius 1 is 1.38 bits per heavy atom. The van der Waals surface area contributed by atoms with Gasteiger partial charge in [-0.05, 0) is 25.0 Å². The number of unbranched alkanes of at least 4 members (excludes halogenated alkanes) is 1. The van der Waals surface area contributed by atoms with Gasteiger partial charge in [0, 0.05) is 5.69 Å². The molecule has 4 nitrogen and oxygen atoms in total. The zero-order chi connectivity index (χ0) is 11.8. The summed E-state index contributed by atoms with van der Waals surface area (Å²) in [5.74, 6) is 0. The van der Waals surface area contributed by atoms with Gasteiger partial charge in [-0.15, -0.1) is 0 Å². The molecule has 0 aliphatic rings. The summed E-state index contributed by atoms with van der Waals surface area (Å²) in [6, 6.07) is 7.25. The van der Waals surface area contributed by atoms with Crippen molar-refractivity contribution >= 4 is 11.7 Å². The summed E-state index contributed by atoms with van der Waals surface area (Å²) in [4.78, 5) is 16.4. The van der Waals surface area contributed by atoms with Gasteiger partial charge < -0.3 is 5.32 Å². The number of benzene rings is 1. The van der Waals surface area contributed by atoms with Crippen molar-refractivity contribution in [1.82, 2.24) is 5.48 Å². The third-order valence-electron chi connectivity index (χ3n) is 2.16. The highest BCUT2D eigenvalue weighted by Gasteiger charge is 2.02. The molecule has 0 heterocycles. The minimum atomic E-state index is -0.342. The summed E-state index contributed by atoms with van der Waals surface area (Å²) in [5, 5.41) is 2.71. The molecule has 0 bridgehead atoms. The molecule has 0 radical (unpaired) electrons. The van der Waals surface area contributed by atoms with Crippen LogP contribution in [0.4, 0.5) is 10.5 Å².